The van der Waals surface area contributed by atoms with Gasteiger partial charge in [-0.05, 0) is 23.0 Å². The molecule has 210 valence electrons. The van der Waals surface area contributed by atoms with Crippen LogP contribution in [-0.4, -0.2) is 48.5 Å². The molecule has 2 aromatic rings. The first-order valence-electron chi connectivity index (χ1n) is 13.3. The number of hydrogen-bond donors (Lipinski definition) is 2. The van der Waals surface area contributed by atoms with Crippen LogP contribution in [0.4, 0.5) is 0 Å². The van der Waals surface area contributed by atoms with E-state index in [0.29, 0.717) is 6.42 Å². The number of rotatable bonds is 14. The van der Waals surface area contributed by atoms with Crippen molar-refractivity contribution in [2.75, 3.05) is 6.61 Å². The molecule has 2 amide bonds. The summed E-state index contributed by atoms with van der Waals surface area (Å²) in [5.41, 5.74) is 1.72. The molecular weight excluding hydrogens is 500 g/mol. The van der Waals surface area contributed by atoms with Crippen LogP contribution in [0.1, 0.15) is 45.2 Å². The molecule has 0 bridgehead atoms. The van der Waals surface area contributed by atoms with Crippen LogP contribution in [-0.2, 0) is 46.6 Å². The maximum Gasteiger partial charge on any atom is 0.329 e. The lowest BCUT2D eigenvalue weighted by Gasteiger charge is -2.37. The third kappa shape index (κ3) is 8.38. The third-order valence-corrected chi connectivity index (χ3v) is 6.83. The fourth-order valence-corrected chi connectivity index (χ4v) is 4.21. The van der Waals surface area contributed by atoms with E-state index in [1.807, 2.05) is 74.5 Å². The topological polar surface area (TPSA) is 120 Å². The molecule has 9 nitrogen and oxygen atoms in total. The quantitative estimate of drug-likeness (QED) is 0.355. The van der Waals surface area contributed by atoms with Gasteiger partial charge in [0.2, 0.25) is 5.91 Å². The number of carbonyl (C=O) groups is 4. The van der Waals surface area contributed by atoms with Crippen molar-refractivity contribution in [3.05, 3.63) is 71.8 Å². The molecule has 1 fully saturated rings. The monoisotopic (exact) mass is 538 g/mol. The summed E-state index contributed by atoms with van der Waals surface area (Å²) in [6.45, 7) is 7.54. The highest BCUT2D eigenvalue weighted by Gasteiger charge is 2.50. The molecule has 1 aliphatic heterocycles. The van der Waals surface area contributed by atoms with Gasteiger partial charge in [0.05, 0.1) is 13.2 Å². The molecule has 0 radical (unpaired) electrons. The van der Waals surface area contributed by atoms with Gasteiger partial charge in [0.15, 0.2) is 6.10 Å². The molecule has 5 unspecified atom stereocenters. The SMILES string of the molecule is CCC(C)C1C(=O)OC1C(=O)NC(COCc1ccccc1)C(=O)NC(C(=O)OCc1ccccc1)C(C)C. The van der Waals surface area contributed by atoms with E-state index in [4.69, 9.17) is 14.2 Å². The molecule has 5 atom stereocenters. The van der Waals surface area contributed by atoms with Gasteiger partial charge in [-0.3, -0.25) is 14.4 Å². The molecular formula is C30H38N2O7. The summed E-state index contributed by atoms with van der Waals surface area (Å²) in [5, 5.41) is 5.39. The summed E-state index contributed by atoms with van der Waals surface area (Å²) in [6, 6.07) is 16.6. The van der Waals surface area contributed by atoms with E-state index in [1.54, 1.807) is 13.8 Å². The predicted molar refractivity (Wildman–Crippen MR) is 144 cm³/mol. The van der Waals surface area contributed by atoms with Crippen molar-refractivity contribution in [3.8, 4) is 0 Å². The Morgan fingerprint density at radius 1 is 0.897 bits per heavy atom. The average molecular weight is 539 g/mol. The van der Waals surface area contributed by atoms with E-state index >= 15 is 0 Å². The maximum atomic E-state index is 13.4. The van der Waals surface area contributed by atoms with Crippen LogP contribution in [0.2, 0.25) is 0 Å². The molecule has 2 N–H and O–H groups in total. The van der Waals surface area contributed by atoms with Gasteiger partial charge in [0.1, 0.15) is 24.6 Å². The Bertz CT molecular complexity index is 1110. The van der Waals surface area contributed by atoms with E-state index < -0.39 is 47.9 Å². The highest BCUT2D eigenvalue weighted by atomic mass is 16.6. The van der Waals surface area contributed by atoms with Crippen LogP contribution in [0.25, 0.3) is 0 Å². The fraction of sp³-hybridized carbons (Fsp3) is 0.467. The van der Waals surface area contributed by atoms with Gasteiger partial charge >= 0.3 is 11.9 Å². The Labute approximate surface area is 229 Å². The van der Waals surface area contributed by atoms with Crippen LogP contribution < -0.4 is 10.6 Å². The van der Waals surface area contributed by atoms with E-state index in [1.165, 1.54) is 0 Å². The number of nitrogens with one attached hydrogen (secondary N) is 2. The lowest BCUT2D eigenvalue weighted by molar-refractivity contribution is -0.193. The molecule has 1 aliphatic rings. The normalized spacial score (nSPS) is 18.7. The second kappa shape index (κ2) is 14.4. The van der Waals surface area contributed by atoms with E-state index in [0.717, 1.165) is 11.1 Å². The number of amides is 2. The number of esters is 2. The molecule has 1 heterocycles. The Balaban J connectivity index is 1.67. The van der Waals surface area contributed by atoms with Crippen molar-refractivity contribution in [2.24, 2.45) is 17.8 Å². The van der Waals surface area contributed by atoms with E-state index in [2.05, 4.69) is 10.6 Å². The highest BCUT2D eigenvalue weighted by molar-refractivity contribution is 5.97. The lowest BCUT2D eigenvalue weighted by Crippen LogP contribution is -2.61. The minimum absolute atomic E-state index is 0.0479. The molecule has 9 heteroatoms. The minimum atomic E-state index is -1.12. The van der Waals surface area contributed by atoms with Gasteiger partial charge in [-0.2, -0.15) is 0 Å². The van der Waals surface area contributed by atoms with Crippen molar-refractivity contribution in [2.45, 2.75) is 65.5 Å². The van der Waals surface area contributed by atoms with Gasteiger partial charge in [-0.15, -0.1) is 0 Å². The Morgan fingerprint density at radius 2 is 1.49 bits per heavy atom. The third-order valence-electron chi connectivity index (χ3n) is 6.83. The summed E-state index contributed by atoms with van der Waals surface area (Å²) in [6.07, 6.45) is -0.275. The fourth-order valence-electron chi connectivity index (χ4n) is 4.21. The molecule has 0 aromatic heterocycles. The zero-order valence-corrected chi connectivity index (χ0v) is 22.9. The number of ether oxygens (including phenoxy) is 3. The first-order chi connectivity index (χ1) is 18.7. The number of benzene rings is 2. The maximum absolute atomic E-state index is 13.4. The van der Waals surface area contributed by atoms with Crippen LogP contribution in [0, 0.1) is 17.8 Å². The molecule has 39 heavy (non-hydrogen) atoms. The molecule has 0 spiro atoms. The highest BCUT2D eigenvalue weighted by Crippen LogP contribution is 2.31. The van der Waals surface area contributed by atoms with Crippen LogP contribution in [0.3, 0.4) is 0 Å². The van der Waals surface area contributed by atoms with Crippen molar-refractivity contribution >= 4 is 23.8 Å². The zero-order chi connectivity index (χ0) is 28.4. The smallest absolute Gasteiger partial charge is 0.329 e. The van der Waals surface area contributed by atoms with Gasteiger partial charge in [0.25, 0.3) is 5.91 Å². The van der Waals surface area contributed by atoms with Gasteiger partial charge in [-0.25, -0.2) is 4.79 Å². The lowest BCUT2D eigenvalue weighted by atomic mass is 9.82. The Morgan fingerprint density at radius 3 is 2.03 bits per heavy atom. The number of carbonyl (C=O) groups excluding carboxylic acids is 4. The summed E-state index contributed by atoms with van der Waals surface area (Å²) in [5.74, 6) is -3.07. The summed E-state index contributed by atoms with van der Waals surface area (Å²) < 4.78 is 16.3. The van der Waals surface area contributed by atoms with Crippen molar-refractivity contribution < 1.29 is 33.4 Å². The summed E-state index contributed by atoms with van der Waals surface area (Å²) in [7, 11) is 0. The standard InChI is InChI=1S/C30H38N2O7/c1-5-20(4)24-26(39-29(24)35)28(34)31-23(18-37-16-21-12-8-6-9-13-21)27(33)32-25(19(2)3)30(36)38-17-22-14-10-7-11-15-22/h6-15,19-20,23-26H,5,16-18H2,1-4H3,(H,31,34)(H,32,33). The Hall–Kier alpha value is -3.72. The molecule has 3 rings (SSSR count). The van der Waals surface area contributed by atoms with Crippen LogP contribution >= 0.6 is 0 Å². The first-order valence-corrected chi connectivity index (χ1v) is 13.3. The predicted octanol–water partition coefficient (Wildman–Crippen LogP) is 3.16. The molecule has 1 saturated heterocycles. The van der Waals surface area contributed by atoms with Crippen LogP contribution in [0.5, 0.6) is 0 Å². The van der Waals surface area contributed by atoms with E-state index in [-0.39, 0.29) is 31.7 Å². The van der Waals surface area contributed by atoms with Crippen molar-refractivity contribution in [3.63, 3.8) is 0 Å². The summed E-state index contributed by atoms with van der Waals surface area (Å²) >= 11 is 0. The number of cyclic esters (lactones) is 1. The van der Waals surface area contributed by atoms with E-state index in [9.17, 15) is 19.2 Å². The van der Waals surface area contributed by atoms with Gasteiger partial charge in [-0.1, -0.05) is 94.8 Å². The average Bonchev–Trinajstić information content (AvgIpc) is 2.93. The first kappa shape index (κ1) is 29.8. The number of hydrogen-bond acceptors (Lipinski definition) is 7. The van der Waals surface area contributed by atoms with Gasteiger partial charge < -0.3 is 24.8 Å². The second-order valence-electron chi connectivity index (χ2n) is 10.2. The zero-order valence-electron chi connectivity index (χ0n) is 22.9. The molecule has 0 aliphatic carbocycles. The molecule has 0 saturated carbocycles. The second-order valence-corrected chi connectivity index (χ2v) is 10.2. The van der Waals surface area contributed by atoms with Crippen molar-refractivity contribution in [1.29, 1.82) is 0 Å². The summed E-state index contributed by atoms with van der Waals surface area (Å²) in [4.78, 5) is 51.3. The van der Waals surface area contributed by atoms with Crippen LogP contribution in [0.15, 0.2) is 60.7 Å². The largest absolute Gasteiger partial charge is 0.459 e. The Kier molecular flexibility index (Phi) is 11.0. The molecule has 2 aromatic carbocycles. The minimum Gasteiger partial charge on any atom is -0.459 e. The van der Waals surface area contributed by atoms with Gasteiger partial charge in [0, 0.05) is 0 Å². The van der Waals surface area contributed by atoms with Crippen molar-refractivity contribution in [1.82, 2.24) is 10.6 Å².